The first kappa shape index (κ1) is 23.3. The van der Waals surface area contributed by atoms with Crippen LogP contribution in [0.4, 0.5) is 0 Å². The summed E-state index contributed by atoms with van der Waals surface area (Å²) < 4.78 is 13.0. The van der Waals surface area contributed by atoms with Crippen LogP contribution in [-0.2, 0) is 0 Å². The molecule has 0 saturated carbocycles. The van der Waals surface area contributed by atoms with E-state index in [1.807, 2.05) is 38.1 Å². The van der Waals surface area contributed by atoms with Gasteiger partial charge in [0, 0.05) is 21.9 Å². The van der Waals surface area contributed by atoms with Gasteiger partial charge in [0.05, 0.1) is 0 Å². The van der Waals surface area contributed by atoms with E-state index in [0.717, 1.165) is 55.4 Å². The second-order valence-corrected chi connectivity index (χ2v) is 9.74. The highest BCUT2D eigenvalue weighted by Gasteiger charge is 2.23. The van der Waals surface area contributed by atoms with E-state index in [4.69, 9.17) is 8.83 Å². The number of hydrogen-bond donors (Lipinski definition) is 0. The number of rotatable bonds is 2. The van der Waals surface area contributed by atoms with Gasteiger partial charge in [-0.15, -0.1) is 0 Å². The Labute approximate surface area is 227 Å². The van der Waals surface area contributed by atoms with Gasteiger partial charge in [0.15, 0.2) is 0 Å². The van der Waals surface area contributed by atoms with E-state index in [1.165, 1.54) is 27.1 Å². The second-order valence-electron chi connectivity index (χ2n) is 9.74. The van der Waals surface area contributed by atoms with E-state index in [2.05, 4.69) is 97.9 Å². The lowest BCUT2D eigenvalue weighted by Gasteiger charge is -2.18. The summed E-state index contributed by atoms with van der Waals surface area (Å²) in [6, 6.07) is 40.4. The van der Waals surface area contributed by atoms with E-state index in [-0.39, 0.29) is 0 Å². The molecule has 0 amide bonds. The molecule has 188 valence electrons. The van der Waals surface area contributed by atoms with Crippen molar-refractivity contribution in [3.63, 3.8) is 0 Å². The van der Waals surface area contributed by atoms with Crippen molar-refractivity contribution in [3.05, 3.63) is 121 Å². The number of benzene rings is 6. The second kappa shape index (κ2) is 9.18. The Hall–Kier alpha value is -4.82. The monoisotopic (exact) mass is 504 g/mol. The molecule has 0 spiro atoms. The summed E-state index contributed by atoms with van der Waals surface area (Å²) in [6.07, 6.45) is 0. The summed E-state index contributed by atoms with van der Waals surface area (Å²) >= 11 is 0. The Morgan fingerprint density at radius 2 is 0.897 bits per heavy atom. The van der Waals surface area contributed by atoms with Crippen LogP contribution < -0.4 is 0 Å². The van der Waals surface area contributed by atoms with E-state index >= 15 is 0 Å². The van der Waals surface area contributed by atoms with Crippen molar-refractivity contribution in [2.75, 3.05) is 0 Å². The Balaban J connectivity index is 0.00000124. The number of para-hydroxylation sites is 2. The molecule has 2 nitrogen and oxygen atoms in total. The standard InChI is InChI=1S/C35H22O2.C2H6/c1-21-25-13-5-2-10-22(25)18-28-33(21)35(32-20-24-12-4-9-17-30(24)37-32)27-15-7-6-14-26(27)34(28)31-19-23-11-3-8-16-29(23)36-31;1-2/h2-20H,1H3;1-2H3. The average Bonchev–Trinajstić information content (AvgIpc) is 3.61. The van der Waals surface area contributed by atoms with Gasteiger partial charge in [-0.3, -0.25) is 0 Å². The number of furan rings is 2. The Bertz CT molecular complexity index is 2090. The maximum Gasteiger partial charge on any atom is 0.136 e. The molecule has 0 N–H and O–H groups in total. The summed E-state index contributed by atoms with van der Waals surface area (Å²) in [5.74, 6) is 1.77. The minimum absolute atomic E-state index is 0.883. The van der Waals surface area contributed by atoms with Crippen LogP contribution >= 0.6 is 0 Å². The first-order chi connectivity index (χ1) is 19.3. The number of fused-ring (bicyclic) bond motifs is 5. The number of aryl methyl sites for hydroxylation is 1. The molecule has 6 aromatic carbocycles. The highest BCUT2D eigenvalue weighted by Crippen LogP contribution is 2.48. The van der Waals surface area contributed by atoms with Crippen molar-refractivity contribution in [2.24, 2.45) is 0 Å². The predicted molar refractivity (Wildman–Crippen MR) is 165 cm³/mol. The highest BCUT2D eigenvalue weighted by molar-refractivity contribution is 6.24. The quantitative estimate of drug-likeness (QED) is 0.219. The Morgan fingerprint density at radius 1 is 0.436 bits per heavy atom. The summed E-state index contributed by atoms with van der Waals surface area (Å²) in [5, 5.41) is 9.36. The molecule has 8 aromatic rings. The van der Waals surface area contributed by atoms with Crippen molar-refractivity contribution < 1.29 is 8.83 Å². The molecule has 0 aliphatic heterocycles. The lowest BCUT2D eigenvalue weighted by atomic mass is 9.85. The molecule has 0 aliphatic rings. The van der Waals surface area contributed by atoms with Crippen LogP contribution in [0.1, 0.15) is 19.4 Å². The van der Waals surface area contributed by atoms with Crippen LogP contribution in [-0.4, -0.2) is 0 Å². The van der Waals surface area contributed by atoms with Crippen molar-refractivity contribution in [1.82, 2.24) is 0 Å². The van der Waals surface area contributed by atoms with E-state index in [1.54, 1.807) is 0 Å². The first-order valence-corrected chi connectivity index (χ1v) is 13.6. The van der Waals surface area contributed by atoms with E-state index < -0.39 is 0 Å². The zero-order valence-corrected chi connectivity index (χ0v) is 22.3. The SMILES string of the molecule is CC.Cc1c2ccccc2cc2c(-c3cc4ccccc4o3)c3ccccc3c(-c3cc4ccccc4o3)c12. The summed E-state index contributed by atoms with van der Waals surface area (Å²) in [5.41, 5.74) is 5.29. The molecule has 0 unspecified atom stereocenters. The molecule has 0 atom stereocenters. The fourth-order valence-corrected chi connectivity index (χ4v) is 5.98. The lowest BCUT2D eigenvalue weighted by Crippen LogP contribution is -1.93. The van der Waals surface area contributed by atoms with Gasteiger partial charge in [0.25, 0.3) is 0 Å². The van der Waals surface area contributed by atoms with E-state index in [0.29, 0.717) is 0 Å². The van der Waals surface area contributed by atoms with Gasteiger partial charge in [-0.1, -0.05) is 98.8 Å². The molecule has 0 radical (unpaired) electrons. The molecule has 0 fully saturated rings. The highest BCUT2D eigenvalue weighted by atomic mass is 16.3. The van der Waals surface area contributed by atoms with Gasteiger partial charge in [-0.2, -0.15) is 0 Å². The fraction of sp³-hybridized carbons (Fsp3) is 0.0811. The zero-order valence-electron chi connectivity index (χ0n) is 22.3. The van der Waals surface area contributed by atoms with Crippen molar-refractivity contribution >= 4 is 54.3 Å². The maximum atomic E-state index is 6.51. The third kappa shape index (κ3) is 3.56. The topological polar surface area (TPSA) is 26.3 Å². The molecule has 0 bridgehead atoms. The Morgan fingerprint density at radius 3 is 1.49 bits per heavy atom. The molecule has 0 saturated heterocycles. The minimum atomic E-state index is 0.883. The molecular formula is C37H28O2. The molecule has 2 heteroatoms. The van der Waals surface area contributed by atoms with Gasteiger partial charge in [-0.05, 0) is 75.1 Å². The maximum absolute atomic E-state index is 6.51. The normalized spacial score (nSPS) is 11.5. The van der Waals surface area contributed by atoms with Crippen LogP contribution in [0.25, 0.3) is 76.9 Å². The van der Waals surface area contributed by atoms with Gasteiger partial charge < -0.3 is 8.83 Å². The Kier molecular flexibility index (Phi) is 5.49. The van der Waals surface area contributed by atoms with Gasteiger partial charge in [-0.25, -0.2) is 0 Å². The smallest absolute Gasteiger partial charge is 0.136 e. The summed E-state index contributed by atoms with van der Waals surface area (Å²) in [6.45, 7) is 6.23. The average molecular weight is 505 g/mol. The van der Waals surface area contributed by atoms with Crippen molar-refractivity contribution in [2.45, 2.75) is 20.8 Å². The molecule has 2 heterocycles. The molecule has 0 aliphatic carbocycles. The third-order valence-electron chi connectivity index (χ3n) is 7.64. The molecule has 39 heavy (non-hydrogen) atoms. The molecular weight excluding hydrogens is 476 g/mol. The summed E-state index contributed by atoms with van der Waals surface area (Å²) in [7, 11) is 0. The molecule has 2 aromatic heterocycles. The van der Waals surface area contributed by atoms with Gasteiger partial charge >= 0.3 is 0 Å². The third-order valence-corrected chi connectivity index (χ3v) is 7.64. The minimum Gasteiger partial charge on any atom is -0.456 e. The largest absolute Gasteiger partial charge is 0.456 e. The van der Waals surface area contributed by atoms with Crippen LogP contribution in [0.2, 0.25) is 0 Å². The fourth-order valence-electron chi connectivity index (χ4n) is 5.98. The van der Waals surface area contributed by atoms with Crippen molar-refractivity contribution in [3.8, 4) is 22.6 Å². The predicted octanol–water partition coefficient (Wildman–Crippen LogP) is 11.3. The van der Waals surface area contributed by atoms with Gasteiger partial charge in [0.2, 0.25) is 0 Å². The zero-order chi connectivity index (χ0) is 26.5. The van der Waals surface area contributed by atoms with Crippen LogP contribution in [0.3, 0.4) is 0 Å². The van der Waals surface area contributed by atoms with Crippen molar-refractivity contribution in [1.29, 1.82) is 0 Å². The lowest BCUT2D eigenvalue weighted by molar-refractivity contribution is 0.631. The first-order valence-electron chi connectivity index (χ1n) is 13.6. The molecule has 8 rings (SSSR count). The van der Waals surface area contributed by atoms with Crippen LogP contribution in [0.5, 0.6) is 0 Å². The summed E-state index contributed by atoms with van der Waals surface area (Å²) in [4.78, 5) is 0. The van der Waals surface area contributed by atoms with Gasteiger partial charge in [0.1, 0.15) is 22.7 Å². The van der Waals surface area contributed by atoms with E-state index in [9.17, 15) is 0 Å². The van der Waals surface area contributed by atoms with Crippen LogP contribution in [0.15, 0.2) is 124 Å². The van der Waals surface area contributed by atoms with Crippen LogP contribution in [0, 0.1) is 6.92 Å². The number of hydrogen-bond acceptors (Lipinski definition) is 2.